The highest BCUT2D eigenvalue weighted by Gasteiger charge is 2.33. The van der Waals surface area contributed by atoms with Gasteiger partial charge in [-0.1, -0.05) is 19.8 Å². The van der Waals surface area contributed by atoms with Crippen molar-refractivity contribution in [2.75, 3.05) is 14.2 Å². The van der Waals surface area contributed by atoms with E-state index in [0.29, 0.717) is 12.8 Å². The predicted molar refractivity (Wildman–Crippen MR) is 80.7 cm³/mol. The molecule has 1 aliphatic heterocycles. The van der Waals surface area contributed by atoms with E-state index in [0.717, 1.165) is 30.6 Å². The molecule has 0 saturated carbocycles. The zero-order chi connectivity index (χ0) is 15.3. The maximum absolute atomic E-state index is 12.0. The molecule has 116 valence electrons. The molecule has 4 heteroatoms. The lowest BCUT2D eigenvalue weighted by Crippen LogP contribution is -2.28. The number of unbranched alkanes of at least 4 members (excludes halogenated alkanes) is 1. The SMILES string of the molecule is CCCCC1CC(=CC2(OC)C=CC(OC)=CC2)C(=O)O1. The first-order valence-electron chi connectivity index (χ1n) is 7.53. The number of carbonyl (C=O) groups is 1. The topological polar surface area (TPSA) is 44.8 Å². The lowest BCUT2D eigenvalue weighted by atomic mass is 9.91. The van der Waals surface area contributed by atoms with Crippen LogP contribution in [0.15, 0.2) is 35.6 Å². The summed E-state index contributed by atoms with van der Waals surface area (Å²) in [5.41, 5.74) is 0.146. The molecule has 0 bridgehead atoms. The van der Waals surface area contributed by atoms with Crippen LogP contribution in [0.4, 0.5) is 0 Å². The number of hydrogen-bond donors (Lipinski definition) is 0. The maximum Gasteiger partial charge on any atom is 0.334 e. The molecule has 1 aliphatic carbocycles. The second kappa shape index (κ2) is 6.94. The fourth-order valence-electron chi connectivity index (χ4n) is 2.69. The van der Waals surface area contributed by atoms with Gasteiger partial charge in [0.1, 0.15) is 17.5 Å². The molecule has 1 fully saturated rings. The van der Waals surface area contributed by atoms with Crippen LogP contribution < -0.4 is 0 Å². The van der Waals surface area contributed by atoms with Crippen molar-refractivity contribution in [3.05, 3.63) is 35.6 Å². The lowest BCUT2D eigenvalue weighted by molar-refractivity contribution is -0.139. The minimum Gasteiger partial charge on any atom is -0.497 e. The van der Waals surface area contributed by atoms with E-state index in [1.165, 1.54) is 0 Å². The summed E-state index contributed by atoms with van der Waals surface area (Å²) in [5, 5.41) is 0. The molecule has 0 aromatic carbocycles. The largest absolute Gasteiger partial charge is 0.497 e. The van der Waals surface area contributed by atoms with Crippen LogP contribution >= 0.6 is 0 Å². The van der Waals surface area contributed by atoms with Gasteiger partial charge >= 0.3 is 5.97 Å². The van der Waals surface area contributed by atoms with Crippen LogP contribution in [0, 0.1) is 0 Å². The molecule has 0 aromatic rings. The van der Waals surface area contributed by atoms with E-state index in [4.69, 9.17) is 14.2 Å². The van der Waals surface area contributed by atoms with E-state index in [1.807, 2.05) is 24.3 Å². The first kappa shape index (κ1) is 15.8. The number of methoxy groups -OCH3 is 2. The van der Waals surface area contributed by atoms with E-state index in [1.54, 1.807) is 14.2 Å². The highest BCUT2D eigenvalue weighted by atomic mass is 16.5. The van der Waals surface area contributed by atoms with E-state index in [-0.39, 0.29) is 12.1 Å². The van der Waals surface area contributed by atoms with Crippen molar-refractivity contribution in [3.8, 4) is 0 Å². The van der Waals surface area contributed by atoms with Gasteiger partial charge in [0.05, 0.1) is 7.11 Å². The van der Waals surface area contributed by atoms with E-state index >= 15 is 0 Å². The van der Waals surface area contributed by atoms with E-state index in [2.05, 4.69) is 6.92 Å². The Balaban J connectivity index is 2.09. The third kappa shape index (κ3) is 3.76. The standard InChI is InChI=1S/C17H24O4/c1-4-5-6-15-11-13(16(18)21-15)12-17(20-3)9-7-14(19-2)8-10-17/h7-9,12,15H,4-6,10-11H2,1-3H3. The van der Waals surface area contributed by atoms with Crippen molar-refractivity contribution < 1.29 is 19.0 Å². The first-order valence-corrected chi connectivity index (χ1v) is 7.53. The van der Waals surface area contributed by atoms with Gasteiger partial charge in [0.2, 0.25) is 0 Å². The minimum absolute atomic E-state index is 0.0234. The Morgan fingerprint density at radius 3 is 2.86 bits per heavy atom. The van der Waals surface area contributed by atoms with Crippen LogP contribution in [0.5, 0.6) is 0 Å². The van der Waals surface area contributed by atoms with Gasteiger partial charge in [-0.05, 0) is 30.7 Å². The molecule has 4 nitrogen and oxygen atoms in total. The van der Waals surface area contributed by atoms with Crippen molar-refractivity contribution >= 4 is 5.97 Å². The number of rotatable bonds is 6. The summed E-state index contributed by atoms with van der Waals surface area (Å²) in [6.07, 6.45) is 12.2. The van der Waals surface area contributed by atoms with Crippen LogP contribution in [0.25, 0.3) is 0 Å². The highest BCUT2D eigenvalue weighted by molar-refractivity contribution is 5.91. The Labute approximate surface area is 126 Å². The van der Waals surface area contributed by atoms with Crippen molar-refractivity contribution in [1.29, 1.82) is 0 Å². The average Bonchev–Trinajstić information content (AvgIpc) is 2.86. The Morgan fingerprint density at radius 2 is 2.29 bits per heavy atom. The third-order valence-electron chi connectivity index (χ3n) is 4.05. The normalized spacial score (nSPS) is 30.4. The zero-order valence-electron chi connectivity index (χ0n) is 13.1. The summed E-state index contributed by atoms with van der Waals surface area (Å²) in [7, 11) is 3.29. The smallest absolute Gasteiger partial charge is 0.334 e. The number of cyclic esters (lactones) is 1. The van der Waals surface area contributed by atoms with Crippen molar-refractivity contribution in [3.63, 3.8) is 0 Å². The average molecular weight is 292 g/mol. The van der Waals surface area contributed by atoms with Gasteiger partial charge in [-0.25, -0.2) is 4.79 Å². The molecule has 0 spiro atoms. The summed E-state index contributed by atoms with van der Waals surface area (Å²) in [6, 6.07) is 0. The lowest BCUT2D eigenvalue weighted by Gasteiger charge is -2.27. The Hall–Kier alpha value is -1.55. The summed E-state index contributed by atoms with van der Waals surface area (Å²) >= 11 is 0. The fraction of sp³-hybridized carbons (Fsp3) is 0.588. The van der Waals surface area contributed by atoms with Crippen molar-refractivity contribution in [2.45, 2.75) is 50.7 Å². The fourth-order valence-corrected chi connectivity index (χ4v) is 2.69. The number of esters is 1. The molecule has 21 heavy (non-hydrogen) atoms. The van der Waals surface area contributed by atoms with Crippen LogP contribution in [0.2, 0.25) is 0 Å². The Kier molecular flexibility index (Phi) is 5.23. The molecule has 2 rings (SSSR count). The van der Waals surface area contributed by atoms with Crippen molar-refractivity contribution in [2.24, 2.45) is 0 Å². The van der Waals surface area contributed by atoms with Crippen LogP contribution in [0.3, 0.4) is 0 Å². The molecule has 0 radical (unpaired) electrons. The molecule has 0 N–H and O–H groups in total. The van der Waals surface area contributed by atoms with Crippen molar-refractivity contribution in [1.82, 2.24) is 0 Å². The molecule has 2 unspecified atom stereocenters. The van der Waals surface area contributed by atoms with Gasteiger partial charge in [-0.2, -0.15) is 0 Å². The van der Waals surface area contributed by atoms with Crippen LogP contribution in [0.1, 0.15) is 39.0 Å². The maximum atomic E-state index is 12.0. The van der Waals surface area contributed by atoms with Gasteiger partial charge < -0.3 is 14.2 Å². The third-order valence-corrected chi connectivity index (χ3v) is 4.05. The second-order valence-corrected chi connectivity index (χ2v) is 5.55. The molecular weight excluding hydrogens is 268 g/mol. The summed E-state index contributed by atoms with van der Waals surface area (Å²) < 4.78 is 16.2. The minimum atomic E-state index is -0.573. The second-order valence-electron chi connectivity index (χ2n) is 5.55. The molecule has 2 aliphatic rings. The monoisotopic (exact) mass is 292 g/mol. The first-order chi connectivity index (χ1) is 10.1. The van der Waals surface area contributed by atoms with Crippen LogP contribution in [-0.4, -0.2) is 31.9 Å². The predicted octanol–water partition coefficient (Wildman–Crippen LogP) is 3.29. The Morgan fingerprint density at radius 1 is 1.48 bits per heavy atom. The van der Waals surface area contributed by atoms with Gasteiger partial charge in [0.25, 0.3) is 0 Å². The molecule has 1 saturated heterocycles. The summed E-state index contributed by atoms with van der Waals surface area (Å²) in [5.74, 6) is 0.610. The highest BCUT2D eigenvalue weighted by Crippen LogP contribution is 2.32. The van der Waals surface area contributed by atoms with Gasteiger partial charge in [-0.15, -0.1) is 0 Å². The van der Waals surface area contributed by atoms with Gasteiger partial charge in [0, 0.05) is 25.5 Å². The Bertz CT molecular complexity index is 475. The van der Waals surface area contributed by atoms with Gasteiger partial charge in [0.15, 0.2) is 0 Å². The number of carbonyl (C=O) groups excluding carboxylic acids is 1. The van der Waals surface area contributed by atoms with E-state index < -0.39 is 5.60 Å². The van der Waals surface area contributed by atoms with Crippen LogP contribution in [-0.2, 0) is 19.0 Å². The molecular formula is C17H24O4. The molecule has 1 heterocycles. The molecule has 2 atom stereocenters. The number of ether oxygens (including phenoxy) is 3. The summed E-state index contributed by atoms with van der Waals surface area (Å²) in [4.78, 5) is 12.0. The zero-order valence-corrected chi connectivity index (χ0v) is 13.1. The molecule has 0 aromatic heterocycles. The number of hydrogen-bond acceptors (Lipinski definition) is 4. The summed E-state index contributed by atoms with van der Waals surface area (Å²) in [6.45, 7) is 2.14. The quantitative estimate of drug-likeness (QED) is 0.556. The van der Waals surface area contributed by atoms with E-state index in [9.17, 15) is 4.79 Å². The van der Waals surface area contributed by atoms with Gasteiger partial charge in [-0.3, -0.25) is 0 Å². The number of allylic oxidation sites excluding steroid dienone is 1. The molecule has 0 amide bonds.